The van der Waals surface area contributed by atoms with Crippen molar-refractivity contribution in [1.82, 2.24) is 14.9 Å². The molecule has 4 rings (SSSR count). The van der Waals surface area contributed by atoms with Crippen molar-refractivity contribution in [1.29, 1.82) is 0 Å². The zero-order valence-electron chi connectivity index (χ0n) is 14.6. The Kier molecular flexibility index (Phi) is 4.60. The molecule has 140 valence electrons. The number of fused-ring (bicyclic) bond motifs is 3. The van der Waals surface area contributed by atoms with Gasteiger partial charge in [-0.3, -0.25) is 4.79 Å². The topological polar surface area (TPSA) is 89.5 Å². The Balaban J connectivity index is 1.50. The van der Waals surface area contributed by atoms with E-state index in [0.717, 1.165) is 29.5 Å². The van der Waals surface area contributed by atoms with Gasteiger partial charge >= 0.3 is 0 Å². The van der Waals surface area contributed by atoms with Gasteiger partial charge < -0.3 is 9.64 Å². The van der Waals surface area contributed by atoms with Gasteiger partial charge in [0.1, 0.15) is 11.2 Å². The molecular weight excluding hydrogens is 374 g/mol. The van der Waals surface area contributed by atoms with Crippen molar-refractivity contribution in [2.24, 2.45) is 0 Å². The Labute approximate surface area is 156 Å². The van der Waals surface area contributed by atoms with Gasteiger partial charge in [0.05, 0.1) is 16.9 Å². The first-order valence-electron chi connectivity index (χ1n) is 8.86. The maximum Gasteiger partial charge on any atom is 0.260 e. The Morgan fingerprint density at radius 1 is 1.38 bits per heavy atom. The molecule has 2 aromatic rings. The van der Waals surface area contributed by atoms with E-state index < -0.39 is 9.84 Å². The van der Waals surface area contributed by atoms with Gasteiger partial charge in [0.15, 0.2) is 16.4 Å². The second kappa shape index (κ2) is 6.77. The monoisotopic (exact) mass is 395 g/mol. The van der Waals surface area contributed by atoms with E-state index in [9.17, 15) is 13.2 Å². The van der Waals surface area contributed by atoms with Crippen LogP contribution in [-0.2, 0) is 27.5 Å². The minimum Gasteiger partial charge on any atom is -0.467 e. The number of thiophene rings is 1. The summed E-state index contributed by atoms with van der Waals surface area (Å²) in [5.74, 6) is 0.448. The van der Waals surface area contributed by atoms with Crippen LogP contribution in [0.15, 0.2) is 6.33 Å². The van der Waals surface area contributed by atoms with Gasteiger partial charge in [0.2, 0.25) is 5.88 Å². The van der Waals surface area contributed by atoms with Crippen LogP contribution in [0.2, 0.25) is 0 Å². The van der Waals surface area contributed by atoms with Gasteiger partial charge in [-0.05, 0) is 38.2 Å². The third kappa shape index (κ3) is 3.18. The average molecular weight is 396 g/mol. The van der Waals surface area contributed by atoms with E-state index in [2.05, 4.69) is 9.97 Å². The molecule has 0 radical (unpaired) electrons. The fourth-order valence-electron chi connectivity index (χ4n) is 3.88. The van der Waals surface area contributed by atoms with Gasteiger partial charge in [0, 0.05) is 17.5 Å². The molecular formula is C17H21N3O4S2. The summed E-state index contributed by atoms with van der Waals surface area (Å²) < 4.78 is 29.2. The highest BCUT2D eigenvalue weighted by molar-refractivity contribution is 7.91. The number of sulfone groups is 1. The van der Waals surface area contributed by atoms with Crippen molar-refractivity contribution in [3.63, 3.8) is 0 Å². The second-order valence-electron chi connectivity index (χ2n) is 6.74. The van der Waals surface area contributed by atoms with Gasteiger partial charge in [-0.25, -0.2) is 18.4 Å². The number of carbonyl (C=O) groups is 1. The van der Waals surface area contributed by atoms with Crippen molar-refractivity contribution < 1.29 is 17.9 Å². The number of carbonyl (C=O) groups excluding carboxylic acids is 1. The van der Waals surface area contributed by atoms with E-state index in [0.29, 0.717) is 18.8 Å². The number of likely N-dealkylation sites (N-methyl/N-ethyl adjacent to an activating group) is 1. The van der Waals surface area contributed by atoms with E-state index in [1.807, 2.05) is 6.92 Å². The summed E-state index contributed by atoms with van der Waals surface area (Å²) >= 11 is 1.67. The predicted molar refractivity (Wildman–Crippen MR) is 99.4 cm³/mol. The van der Waals surface area contributed by atoms with Crippen LogP contribution >= 0.6 is 11.3 Å². The van der Waals surface area contributed by atoms with E-state index in [4.69, 9.17) is 4.74 Å². The smallest absolute Gasteiger partial charge is 0.260 e. The van der Waals surface area contributed by atoms with Crippen LogP contribution < -0.4 is 4.74 Å². The van der Waals surface area contributed by atoms with Crippen LogP contribution in [0.4, 0.5) is 0 Å². The molecule has 1 saturated heterocycles. The quantitative estimate of drug-likeness (QED) is 0.764. The van der Waals surface area contributed by atoms with Crippen molar-refractivity contribution in [3.8, 4) is 5.88 Å². The first kappa shape index (κ1) is 17.7. The molecule has 1 aliphatic carbocycles. The summed E-state index contributed by atoms with van der Waals surface area (Å²) in [6.07, 6.45) is 5.15. The Morgan fingerprint density at radius 3 is 2.96 bits per heavy atom. The van der Waals surface area contributed by atoms with E-state index in [1.54, 1.807) is 16.2 Å². The number of hydrogen-bond acceptors (Lipinski definition) is 7. The standard InChI is InChI=1S/C17H21N3O4S2/c1-2-20(11-6-7-26(22,23)9-11)14(21)8-24-16-15-12-4-3-5-13(12)25-17(15)19-10-18-16/h10-11H,2-9H2,1H3/t11-/m0/s1. The Hall–Kier alpha value is -1.74. The zero-order valence-corrected chi connectivity index (χ0v) is 16.2. The molecule has 0 bridgehead atoms. The lowest BCUT2D eigenvalue weighted by Crippen LogP contribution is -2.43. The molecule has 0 aromatic carbocycles. The van der Waals surface area contributed by atoms with E-state index in [-0.39, 0.29) is 30.1 Å². The van der Waals surface area contributed by atoms with Gasteiger partial charge in [0.25, 0.3) is 5.91 Å². The molecule has 0 saturated carbocycles. The third-order valence-corrected chi connectivity index (χ3v) is 8.06. The summed E-state index contributed by atoms with van der Waals surface area (Å²) in [4.78, 5) is 25.0. The summed E-state index contributed by atoms with van der Waals surface area (Å²) in [5.41, 5.74) is 1.25. The Morgan fingerprint density at radius 2 is 2.23 bits per heavy atom. The van der Waals surface area contributed by atoms with E-state index >= 15 is 0 Å². The van der Waals surface area contributed by atoms with E-state index in [1.165, 1.54) is 16.8 Å². The highest BCUT2D eigenvalue weighted by Crippen LogP contribution is 2.39. The van der Waals surface area contributed by atoms with Crippen LogP contribution in [0.3, 0.4) is 0 Å². The maximum atomic E-state index is 12.6. The van der Waals surface area contributed by atoms with Gasteiger partial charge in [-0.15, -0.1) is 11.3 Å². The number of rotatable bonds is 5. The molecule has 2 aliphatic rings. The van der Waals surface area contributed by atoms with Crippen LogP contribution in [0.25, 0.3) is 10.2 Å². The minimum atomic E-state index is -3.03. The molecule has 1 aliphatic heterocycles. The molecule has 1 fully saturated rings. The predicted octanol–water partition coefficient (Wildman–Crippen LogP) is 1.59. The first-order chi connectivity index (χ1) is 12.5. The highest BCUT2D eigenvalue weighted by Gasteiger charge is 2.34. The lowest BCUT2D eigenvalue weighted by atomic mass is 10.2. The summed E-state index contributed by atoms with van der Waals surface area (Å²) in [5, 5.41) is 0.935. The largest absolute Gasteiger partial charge is 0.467 e. The number of amides is 1. The van der Waals surface area contributed by atoms with Crippen molar-refractivity contribution in [2.45, 2.75) is 38.6 Å². The van der Waals surface area contributed by atoms with Crippen LogP contribution in [-0.4, -0.2) is 59.9 Å². The highest BCUT2D eigenvalue weighted by atomic mass is 32.2. The number of hydrogen-bond donors (Lipinski definition) is 0. The number of nitrogens with zero attached hydrogens (tertiary/aromatic N) is 3. The van der Waals surface area contributed by atoms with Gasteiger partial charge in [-0.2, -0.15) is 0 Å². The van der Waals surface area contributed by atoms with Crippen molar-refractivity contribution >= 4 is 37.3 Å². The summed E-state index contributed by atoms with van der Waals surface area (Å²) in [6, 6.07) is -0.253. The molecule has 26 heavy (non-hydrogen) atoms. The fraction of sp³-hybridized carbons (Fsp3) is 0.588. The second-order valence-corrected chi connectivity index (χ2v) is 10.1. The molecule has 2 aromatic heterocycles. The minimum absolute atomic E-state index is 0.0440. The average Bonchev–Trinajstić information content (AvgIpc) is 3.27. The van der Waals surface area contributed by atoms with Crippen molar-refractivity contribution in [3.05, 3.63) is 16.8 Å². The number of aromatic nitrogens is 2. The zero-order chi connectivity index (χ0) is 18.3. The SMILES string of the molecule is CCN(C(=O)COc1ncnc2sc3c(c12)CCC3)[C@H]1CCS(=O)(=O)C1. The molecule has 0 unspecified atom stereocenters. The molecule has 0 N–H and O–H groups in total. The molecule has 1 atom stereocenters. The lowest BCUT2D eigenvalue weighted by molar-refractivity contribution is -0.135. The first-order valence-corrected chi connectivity index (χ1v) is 11.5. The third-order valence-electron chi connectivity index (χ3n) is 5.11. The van der Waals surface area contributed by atoms with Crippen LogP contribution in [0.1, 0.15) is 30.2 Å². The number of aryl methyl sites for hydroxylation is 2. The van der Waals surface area contributed by atoms with Crippen LogP contribution in [0, 0.1) is 0 Å². The normalized spacial score (nSPS) is 21.0. The number of ether oxygens (including phenoxy) is 1. The Bertz CT molecular complexity index is 954. The molecule has 7 nitrogen and oxygen atoms in total. The summed E-state index contributed by atoms with van der Waals surface area (Å²) in [6.45, 7) is 2.19. The molecule has 0 spiro atoms. The molecule has 9 heteroatoms. The summed E-state index contributed by atoms with van der Waals surface area (Å²) in [7, 11) is -3.03. The van der Waals surface area contributed by atoms with Crippen molar-refractivity contribution in [2.75, 3.05) is 24.7 Å². The van der Waals surface area contributed by atoms with Crippen LogP contribution in [0.5, 0.6) is 5.88 Å². The fourth-order valence-corrected chi connectivity index (χ4v) is 6.83. The molecule has 1 amide bonds. The van der Waals surface area contributed by atoms with Gasteiger partial charge in [-0.1, -0.05) is 0 Å². The lowest BCUT2D eigenvalue weighted by Gasteiger charge is -2.26. The molecule has 3 heterocycles. The maximum absolute atomic E-state index is 12.6.